The van der Waals surface area contributed by atoms with E-state index in [0.717, 1.165) is 68.5 Å². The quantitative estimate of drug-likeness (QED) is 0.374. The van der Waals surface area contributed by atoms with Gasteiger partial charge in [-0.15, -0.1) is 10.2 Å². The van der Waals surface area contributed by atoms with Gasteiger partial charge in [0, 0.05) is 74.4 Å². The molecule has 7 rings (SSSR count). The smallest absolute Gasteiger partial charge is 0.282 e. The Morgan fingerprint density at radius 3 is 2.64 bits per heavy atom. The van der Waals surface area contributed by atoms with Crippen LogP contribution in [0.2, 0.25) is 0 Å². The van der Waals surface area contributed by atoms with Gasteiger partial charge in [0.1, 0.15) is 29.7 Å². The Bertz CT molecular complexity index is 1620. The minimum Gasteiger partial charge on any atom is -0.490 e. The van der Waals surface area contributed by atoms with Crippen molar-refractivity contribution in [1.82, 2.24) is 30.4 Å². The van der Waals surface area contributed by atoms with Gasteiger partial charge in [-0.1, -0.05) is 0 Å². The van der Waals surface area contributed by atoms with Crippen LogP contribution < -0.4 is 19.7 Å². The van der Waals surface area contributed by atoms with Crippen molar-refractivity contribution in [3.8, 4) is 17.4 Å². The highest BCUT2D eigenvalue weighted by Crippen LogP contribution is 2.52. The lowest BCUT2D eigenvalue weighted by molar-refractivity contribution is -0.163. The zero-order chi connectivity index (χ0) is 31.6. The summed E-state index contributed by atoms with van der Waals surface area (Å²) in [5, 5.41) is 11.4. The second kappa shape index (κ2) is 10.8. The number of ether oxygens (including phenoxy) is 2. The third kappa shape index (κ3) is 5.44. The van der Waals surface area contributed by atoms with Crippen LogP contribution in [-0.2, 0) is 13.0 Å². The summed E-state index contributed by atoms with van der Waals surface area (Å²) in [7, 11) is 0. The zero-order valence-corrected chi connectivity index (χ0v) is 25.5. The lowest BCUT2D eigenvalue weighted by atomic mass is 9.61. The summed E-state index contributed by atoms with van der Waals surface area (Å²) in [6.07, 6.45) is 5.05. The number of alkyl halides is 2. The summed E-state index contributed by atoms with van der Waals surface area (Å²) in [4.78, 5) is 26.2. The molecule has 45 heavy (non-hydrogen) atoms. The number of carbonyl (C=O) groups is 1. The fourth-order valence-corrected chi connectivity index (χ4v) is 7.66. The van der Waals surface area contributed by atoms with E-state index >= 15 is 0 Å². The van der Waals surface area contributed by atoms with Crippen molar-refractivity contribution in [2.24, 2.45) is 5.41 Å². The van der Waals surface area contributed by atoms with Gasteiger partial charge >= 0.3 is 0 Å². The Kier molecular flexibility index (Phi) is 7.14. The van der Waals surface area contributed by atoms with Gasteiger partial charge in [0.15, 0.2) is 5.82 Å². The van der Waals surface area contributed by atoms with E-state index in [1.807, 2.05) is 17.2 Å². The third-order valence-electron chi connectivity index (χ3n) is 9.46. The Labute approximate surface area is 259 Å². The molecule has 3 aromatic rings. The maximum atomic E-state index is 14.5. The molecule has 4 aliphatic rings. The van der Waals surface area contributed by atoms with Crippen molar-refractivity contribution >= 4 is 11.7 Å². The van der Waals surface area contributed by atoms with Crippen molar-refractivity contribution in [1.29, 1.82) is 0 Å². The van der Waals surface area contributed by atoms with Gasteiger partial charge in [0.2, 0.25) is 0 Å². The molecule has 1 spiro atoms. The van der Waals surface area contributed by atoms with Crippen LogP contribution in [0.5, 0.6) is 17.4 Å². The highest BCUT2D eigenvalue weighted by atomic mass is 19.3. The van der Waals surface area contributed by atoms with Crippen LogP contribution in [-0.4, -0.2) is 74.2 Å². The molecule has 2 aliphatic heterocycles. The van der Waals surface area contributed by atoms with Gasteiger partial charge in [-0.05, 0) is 57.9 Å². The molecule has 10 nitrogen and oxygen atoms in total. The highest BCUT2D eigenvalue weighted by Gasteiger charge is 2.58. The summed E-state index contributed by atoms with van der Waals surface area (Å²) >= 11 is 0. The van der Waals surface area contributed by atoms with Crippen LogP contribution >= 0.6 is 0 Å². The lowest BCUT2D eigenvalue weighted by Crippen LogP contribution is -2.65. The summed E-state index contributed by atoms with van der Waals surface area (Å²) in [6, 6.07) is 5.13. The number of hydrogen-bond acceptors (Lipinski definition) is 9. The van der Waals surface area contributed by atoms with Gasteiger partial charge in [0.05, 0.1) is 11.1 Å². The third-order valence-corrected chi connectivity index (χ3v) is 9.46. The Morgan fingerprint density at radius 2 is 1.91 bits per heavy atom. The van der Waals surface area contributed by atoms with Gasteiger partial charge < -0.3 is 24.6 Å². The fraction of sp³-hybridized carbons (Fsp3) is 0.531. The minimum atomic E-state index is -2.85. The molecule has 0 unspecified atom stereocenters. The number of hydrogen-bond donors (Lipinski definition) is 1. The highest BCUT2D eigenvalue weighted by molar-refractivity contribution is 5.98. The first-order valence-corrected chi connectivity index (χ1v) is 15.4. The van der Waals surface area contributed by atoms with Crippen molar-refractivity contribution in [3.63, 3.8) is 0 Å². The Hall–Kier alpha value is -4.00. The SMILES string of the molecule is CC(C)N(C(=O)c1cc(F)ccc1Oc1nncnc1N1CC2(CC(Oc3ccnc4c3CNCC4)C2)C1)C1(C)CC(F)(F)C1. The molecule has 0 atom stereocenters. The number of halogens is 3. The average Bonchev–Trinajstić information content (AvgIpc) is 2.93. The molecular weight excluding hydrogens is 587 g/mol. The zero-order valence-electron chi connectivity index (χ0n) is 25.5. The van der Waals surface area contributed by atoms with Crippen LogP contribution in [0.4, 0.5) is 19.0 Å². The van der Waals surface area contributed by atoms with Crippen molar-refractivity contribution in [3.05, 3.63) is 59.4 Å². The summed E-state index contributed by atoms with van der Waals surface area (Å²) in [6.45, 7) is 8.27. The second-order valence-electron chi connectivity index (χ2n) is 13.5. The van der Waals surface area contributed by atoms with E-state index in [9.17, 15) is 18.0 Å². The standard InChI is InChI=1S/C32H36F3N7O3/c1-19(2)42(30(3)14-32(34,35)15-30)29(43)22-10-20(33)4-5-25(22)45-28-27(38-18-39-40-28)41-16-31(17-41)11-21(12-31)44-26-7-9-37-24-6-8-36-13-23(24)26/h4-5,7,9-10,18-19,21,36H,6,8,11-17H2,1-3H3. The van der Waals surface area contributed by atoms with Crippen molar-refractivity contribution < 1.29 is 27.4 Å². The fourth-order valence-electron chi connectivity index (χ4n) is 7.66. The maximum absolute atomic E-state index is 14.5. The van der Waals surface area contributed by atoms with E-state index in [1.165, 1.54) is 23.4 Å². The average molecular weight is 624 g/mol. The van der Waals surface area contributed by atoms with E-state index in [0.29, 0.717) is 5.82 Å². The molecule has 4 heterocycles. The topological polar surface area (TPSA) is 106 Å². The van der Waals surface area contributed by atoms with Crippen molar-refractivity contribution in [2.75, 3.05) is 24.5 Å². The number of rotatable bonds is 8. The molecule has 0 bridgehead atoms. The summed E-state index contributed by atoms with van der Waals surface area (Å²) in [5.41, 5.74) is 1.18. The number of nitrogens with one attached hydrogen (secondary N) is 1. The normalized spacial score (nSPS) is 20.9. The molecule has 1 saturated heterocycles. The van der Waals surface area contributed by atoms with Crippen LogP contribution in [0, 0.1) is 11.2 Å². The number of fused-ring (bicyclic) bond motifs is 1. The molecule has 13 heteroatoms. The molecule has 1 aromatic carbocycles. The molecule has 1 amide bonds. The van der Waals surface area contributed by atoms with E-state index in [-0.39, 0.29) is 28.7 Å². The van der Waals surface area contributed by atoms with E-state index in [4.69, 9.17) is 9.47 Å². The predicted octanol–water partition coefficient (Wildman–Crippen LogP) is 4.93. The summed E-state index contributed by atoms with van der Waals surface area (Å²) < 4.78 is 54.8. The number of nitrogens with zero attached hydrogens (tertiary/aromatic N) is 6. The van der Waals surface area contributed by atoms with Gasteiger partial charge in [0.25, 0.3) is 17.7 Å². The number of aromatic nitrogens is 4. The Balaban J connectivity index is 1.04. The number of carbonyl (C=O) groups excluding carboxylic acids is 1. The number of benzene rings is 1. The molecule has 2 saturated carbocycles. The second-order valence-corrected chi connectivity index (χ2v) is 13.5. The van der Waals surface area contributed by atoms with Crippen LogP contribution in [0.25, 0.3) is 0 Å². The van der Waals surface area contributed by atoms with Crippen LogP contribution in [0.15, 0.2) is 36.8 Å². The van der Waals surface area contributed by atoms with Gasteiger partial charge in [-0.3, -0.25) is 9.78 Å². The molecule has 2 aromatic heterocycles. The number of pyridine rings is 1. The monoisotopic (exact) mass is 623 g/mol. The summed E-state index contributed by atoms with van der Waals surface area (Å²) in [5.74, 6) is -2.60. The van der Waals surface area contributed by atoms with Crippen molar-refractivity contribution in [2.45, 2.75) is 83.0 Å². The van der Waals surface area contributed by atoms with E-state index in [1.54, 1.807) is 20.8 Å². The van der Waals surface area contributed by atoms with Crippen LogP contribution in [0.1, 0.15) is 68.1 Å². The molecule has 3 fully saturated rings. The first kappa shape index (κ1) is 29.7. The number of amides is 1. The maximum Gasteiger partial charge on any atom is 0.282 e. The first-order valence-electron chi connectivity index (χ1n) is 15.4. The number of anilines is 1. The van der Waals surface area contributed by atoms with E-state index in [2.05, 4.69) is 25.5 Å². The molecular formula is C32H36F3N7O3. The largest absolute Gasteiger partial charge is 0.490 e. The molecule has 2 aliphatic carbocycles. The minimum absolute atomic E-state index is 0.0489. The lowest BCUT2D eigenvalue weighted by Gasteiger charge is -2.58. The molecule has 1 N–H and O–H groups in total. The first-order chi connectivity index (χ1) is 21.4. The molecule has 0 radical (unpaired) electrons. The van der Waals surface area contributed by atoms with Gasteiger partial charge in [-0.2, -0.15) is 0 Å². The molecule has 238 valence electrons. The van der Waals surface area contributed by atoms with E-state index < -0.39 is 42.1 Å². The van der Waals surface area contributed by atoms with Gasteiger partial charge in [-0.25, -0.2) is 18.2 Å². The Morgan fingerprint density at radius 1 is 1.13 bits per heavy atom. The predicted molar refractivity (Wildman–Crippen MR) is 158 cm³/mol. The van der Waals surface area contributed by atoms with Crippen LogP contribution in [0.3, 0.4) is 0 Å².